The molecule has 5 heteroatoms. The van der Waals surface area contributed by atoms with Crippen molar-refractivity contribution in [3.8, 4) is 11.4 Å². The lowest BCUT2D eigenvalue weighted by Gasteiger charge is -2.34. The van der Waals surface area contributed by atoms with Crippen molar-refractivity contribution in [1.29, 1.82) is 0 Å². The molecular weight excluding hydrogens is 240 g/mol. The molecule has 1 aromatic carbocycles. The van der Waals surface area contributed by atoms with Gasteiger partial charge in [0, 0.05) is 24.7 Å². The Labute approximate surface area is 112 Å². The first-order chi connectivity index (χ1) is 9.24. The second kappa shape index (κ2) is 5.11. The molecule has 1 aliphatic rings. The Morgan fingerprint density at radius 2 is 2.16 bits per heavy atom. The molecule has 0 spiro atoms. The van der Waals surface area contributed by atoms with Crippen LogP contribution in [-0.4, -0.2) is 41.2 Å². The lowest BCUT2D eigenvalue weighted by Crippen LogP contribution is -2.55. The van der Waals surface area contributed by atoms with E-state index in [1.165, 1.54) is 0 Å². The second-order valence-electron chi connectivity index (χ2n) is 5.05. The zero-order chi connectivity index (χ0) is 13.2. The van der Waals surface area contributed by atoms with Crippen LogP contribution in [-0.2, 0) is 6.54 Å². The Hall–Kier alpha value is -1.72. The largest absolute Gasteiger partial charge is 0.338 e. The average Bonchev–Trinajstić information content (AvgIpc) is 2.75. The van der Waals surface area contributed by atoms with E-state index in [0.29, 0.717) is 24.3 Å². The van der Waals surface area contributed by atoms with E-state index in [9.17, 15) is 0 Å². The minimum absolute atomic E-state index is 0.578. The third-order valence-electron chi connectivity index (χ3n) is 3.62. The van der Waals surface area contributed by atoms with Crippen LogP contribution in [0.15, 0.2) is 28.8 Å². The minimum atomic E-state index is 0.578. The van der Waals surface area contributed by atoms with Gasteiger partial charge in [0.15, 0.2) is 0 Å². The molecule has 1 aromatic heterocycles. The molecule has 0 unspecified atom stereocenters. The Kier molecular flexibility index (Phi) is 3.31. The quantitative estimate of drug-likeness (QED) is 0.899. The highest BCUT2D eigenvalue weighted by Gasteiger charge is 2.23. The molecule has 1 N–H and O–H groups in total. The molecule has 0 atom stereocenters. The van der Waals surface area contributed by atoms with Crippen LogP contribution in [0.5, 0.6) is 0 Å². The first-order valence-corrected chi connectivity index (χ1v) is 6.53. The van der Waals surface area contributed by atoms with Crippen LogP contribution < -0.4 is 5.32 Å². The fraction of sp³-hybridized carbons (Fsp3) is 0.429. The normalized spacial score (nSPS) is 15.7. The predicted octanol–water partition coefficient (Wildman–Crippen LogP) is 1.45. The maximum absolute atomic E-state index is 5.34. The van der Waals surface area contributed by atoms with Gasteiger partial charge in [-0.2, -0.15) is 4.98 Å². The third kappa shape index (κ3) is 2.52. The Morgan fingerprint density at radius 1 is 1.37 bits per heavy atom. The van der Waals surface area contributed by atoms with Crippen LogP contribution >= 0.6 is 0 Å². The van der Waals surface area contributed by atoms with Gasteiger partial charge in [0.2, 0.25) is 11.7 Å². The van der Waals surface area contributed by atoms with Crippen molar-refractivity contribution in [2.75, 3.05) is 20.1 Å². The van der Waals surface area contributed by atoms with Gasteiger partial charge in [-0.05, 0) is 19.5 Å². The fourth-order valence-corrected chi connectivity index (χ4v) is 2.18. The predicted molar refractivity (Wildman–Crippen MR) is 72.6 cm³/mol. The van der Waals surface area contributed by atoms with Crippen LogP contribution in [0.1, 0.15) is 11.5 Å². The summed E-state index contributed by atoms with van der Waals surface area (Å²) in [5, 5.41) is 7.33. The van der Waals surface area contributed by atoms with Gasteiger partial charge in [0.05, 0.1) is 6.54 Å². The second-order valence-corrected chi connectivity index (χ2v) is 5.05. The van der Waals surface area contributed by atoms with Crippen molar-refractivity contribution in [3.63, 3.8) is 0 Å². The molecule has 1 saturated heterocycles. The van der Waals surface area contributed by atoms with E-state index in [4.69, 9.17) is 4.52 Å². The monoisotopic (exact) mass is 258 g/mol. The third-order valence-corrected chi connectivity index (χ3v) is 3.62. The molecule has 1 aliphatic heterocycles. The Bertz CT molecular complexity index is 562. The maximum atomic E-state index is 5.34. The number of hydrogen-bond acceptors (Lipinski definition) is 5. The molecule has 0 bridgehead atoms. The molecule has 5 nitrogen and oxygen atoms in total. The van der Waals surface area contributed by atoms with Crippen LogP contribution in [0.4, 0.5) is 0 Å². The lowest BCUT2D eigenvalue weighted by atomic mass is 10.1. The molecule has 1 fully saturated rings. The first kappa shape index (κ1) is 12.3. The standard InChI is InChI=1S/C14H18N4O/c1-10-5-3-4-6-12(10)14-16-13(19-17-14)9-18(2)11-7-15-8-11/h3-6,11,15H,7-9H2,1-2H3. The molecule has 19 heavy (non-hydrogen) atoms. The van der Waals surface area contributed by atoms with Gasteiger partial charge in [-0.3, -0.25) is 4.90 Å². The summed E-state index contributed by atoms with van der Waals surface area (Å²) in [5.41, 5.74) is 2.19. The number of aryl methyl sites for hydroxylation is 1. The number of nitrogens with zero attached hydrogens (tertiary/aromatic N) is 3. The van der Waals surface area contributed by atoms with Gasteiger partial charge in [0.25, 0.3) is 0 Å². The molecule has 0 saturated carbocycles. The highest BCUT2D eigenvalue weighted by atomic mass is 16.5. The van der Waals surface area contributed by atoms with E-state index < -0.39 is 0 Å². The number of nitrogens with one attached hydrogen (secondary N) is 1. The van der Waals surface area contributed by atoms with E-state index in [-0.39, 0.29) is 0 Å². The Balaban J connectivity index is 1.74. The summed E-state index contributed by atoms with van der Waals surface area (Å²) in [7, 11) is 2.09. The van der Waals surface area contributed by atoms with Gasteiger partial charge < -0.3 is 9.84 Å². The molecule has 2 aromatic rings. The maximum Gasteiger partial charge on any atom is 0.241 e. The van der Waals surface area contributed by atoms with Gasteiger partial charge in [-0.15, -0.1) is 0 Å². The van der Waals surface area contributed by atoms with Crippen molar-refractivity contribution in [2.45, 2.75) is 19.5 Å². The average molecular weight is 258 g/mol. The highest BCUT2D eigenvalue weighted by molar-refractivity contribution is 5.58. The smallest absolute Gasteiger partial charge is 0.241 e. The summed E-state index contributed by atoms with van der Waals surface area (Å²) in [6.45, 7) is 4.83. The Morgan fingerprint density at radius 3 is 2.84 bits per heavy atom. The summed E-state index contributed by atoms with van der Waals surface area (Å²) in [6.07, 6.45) is 0. The molecule has 2 heterocycles. The molecule has 100 valence electrons. The van der Waals surface area contributed by atoms with Crippen molar-refractivity contribution in [2.24, 2.45) is 0 Å². The van der Waals surface area contributed by atoms with Crippen LogP contribution in [0.3, 0.4) is 0 Å². The fourth-order valence-electron chi connectivity index (χ4n) is 2.18. The van der Waals surface area contributed by atoms with Gasteiger partial charge >= 0.3 is 0 Å². The van der Waals surface area contributed by atoms with Crippen molar-refractivity contribution in [3.05, 3.63) is 35.7 Å². The van der Waals surface area contributed by atoms with E-state index in [2.05, 4.69) is 40.4 Å². The summed E-state index contributed by atoms with van der Waals surface area (Å²) in [5.74, 6) is 1.35. The molecule has 0 aliphatic carbocycles. The van der Waals surface area contributed by atoms with E-state index in [0.717, 1.165) is 24.2 Å². The zero-order valence-electron chi connectivity index (χ0n) is 11.3. The van der Waals surface area contributed by atoms with Crippen LogP contribution in [0.2, 0.25) is 0 Å². The molecule has 0 amide bonds. The number of hydrogen-bond donors (Lipinski definition) is 1. The summed E-state index contributed by atoms with van der Waals surface area (Å²) >= 11 is 0. The van der Waals surface area contributed by atoms with E-state index in [1.807, 2.05) is 18.2 Å². The highest BCUT2D eigenvalue weighted by Crippen LogP contribution is 2.20. The van der Waals surface area contributed by atoms with Crippen molar-refractivity contribution >= 4 is 0 Å². The number of aromatic nitrogens is 2. The van der Waals surface area contributed by atoms with E-state index >= 15 is 0 Å². The molecular formula is C14H18N4O. The molecule has 0 radical (unpaired) electrons. The zero-order valence-corrected chi connectivity index (χ0v) is 11.3. The minimum Gasteiger partial charge on any atom is -0.338 e. The van der Waals surface area contributed by atoms with Crippen molar-refractivity contribution in [1.82, 2.24) is 20.4 Å². The summed E-state index contributed by atoms with van der Waals surface area (Å²) in [6, 6.07) is 8.65. The van der Waals surface area contributed by atoms with Crippen LogP contribution in [0.25, 0.3) is 11.4 Å². The van der Waals surface area contributed by atoms with Gasteiger partial charge in [0.1, 0.15) is 0 Å². The number of likely N-dealkylation sites (N-methyl/N-ethyl adjacent to an activating group) is 1. The van der Waals surface area contributed by atoms with Gasteiger partial charge in [-0.25, -0.2) is 0 Å². The van der Waals surface area contributed by atoms with Crippen LogP contribution in [0, 0.1) is 6.92 Å². The summed E-state index contributed by atoms with van der Waals surface area (Å²) in [4.78, 5) is 6.72. The SMILES string of the molecule is Cc1ccccc1-c1noc(CN(C)C2CNC2)n1. The number of rotatable bonds is 4. The lowest BCUT2D eigenvalue weighted by molar-refractivity contribution is 0.155. The first-order valence-electron chi connectivity index (χ1n) is 6.53. The van der Waals surface area contributed by atoms with Gasteiger partial charge in [-0.1, -0.05) is 29.4 Å². The topological polar surface area (TPSA) is 54.2 Å². The van der Waals surface area contributed by atoms with Crippen molar-refractivity contribution < 1.29 is 4.52 Å². The summed E-state index contributed by atoms with van der Waals surface area (Å²) < 4.78 is 5.34. The number of benzene rings is 1. The molecule has 3 rings (SSSR count). The van der Waals surface area contributed by atoms with E-state index in [1.54, 1.807) is 0 Å².